The summed E-state index contributed by atoms with van der Waals surface area (Å²) in [6.45, 7) is 10.4. The van der Waals surface area contributed by atoms with Crippen molar-refractivity contribution in [3.63, 3.8) is 0 Å². The van der Waals surface area contributed by atoms with Gasteiger partial charge in [0.15, 0.2) is 0 Å². The Hall–Kier alpha value is -0.520. The van der Waals surface area contributed by atoms with E-state index < -0.39 is 0 Å². The average molecular weight is 138 g/mol. The van der Waals surface area contributed by atoms with E-state index in [4.69, 9.17) is 0 Å². The molecule has 0 aliphatic rings. The fourth-order valence-corrected chi connectivity index (χ4v) is 1.01. The van der Waals surface area contributed by atoms with Crippen molar-refractivity contribution in [3.8, 4) is 0 Å². The molecule has 58 valence electrons. The Morgan fingerprint density at radius 3 is 2.30 bits per heavy atom. The molecule has 10 heavy (non-hydrogen) atoms. The van der Waals surface area contributed by atoms with Crippen molar-refractivity contribution in [2.45, 2.75) is 40.0 Å². The summed E-state index contributed by atoms with van der Waals surface area (Å²) in [6.07, 6.45) is 5.80. The second-order valence-corrected chi connectivity index (χ2v) is 2.67. The fraction of sp³-hybridized carbons (Fsp3) is 0.600. The molecule has 0 nitrogen and oxygen atoms in total. The maximum atomic E-state index is 3.92. The van der Waals surface area contributed by atoms with E-state index in [-0.39, 0.29) is 0 Å². The van der Waals surface area contributed by atoms with Crippen LogP contribution in [0.25, 0.3) is 0 Å². The van der Waals surface area contributed by atoms with Crippen molar-refractivity contribution in [2.75, 3.05) is 0 Å². The van der Waals surface area contributed by atoms with Crippen LogP contribution >= 0.6 is 0 Å². The van der Waals surface area contributed by atoms with Gasteiger partial charge in [-0.05, 0) is 25.3 Å². The van der Waals surface area contributed by atoms with Gasteiger partial charge in [-0.25, -0.2) is 0 Å². The van der Waals surface area contributed by atoms with Crippen molar-refractivity contribution in [1.29, 1.82) is 0 Å². The topological polar surface area (TPSA) is 0 Å². The summed E-state index contributed by atoms with van der Waals surface area (Å²) in [5.74, 6) is 0. The first-order chi connectivity index (χ1) is 4.72. The number of hydrogen-bond acceptors (Lipinski definition) is 0. The van der Waals surface area contributed by atoms with Crippen LogP contribution in [0.1, 0.15) is 40.0 Å². The maximum absolute atomic E-state index is 3.92. The van der Waals surface area contributed by atoms with Gasteiger partial charge in [0.2, 0.25) is 0 Å². The average Bonchev–Trinajstić information content (AvgIpc) is 1.87. The number of hydrogen-bond donors (Lipinski definition) is 0. The third-order valence-corrected chi connectivity index (χ3v) is 1.52. The Morgan fingerprint density at radius 2 is 2.00 bits per heavy atom. The van der Waals surface area contributed by atoms with Crippen LogP contribution in [0.3, 0.4) is 0 Å². The fourth-order valence-electron chi connectivity index (χ4n) is 1.01. The molecule has 0 fully saturated rings. The van der Waals surface area contributed by atoms with Gasteiger partial charge in [-0.2, -0.15) is 0 Å². The summed E-state index contributed by atoms with van der Waals surface area (Å²) >= 11 is 0. The third kappa shape index (κ3) is 3.49. The lowest BCUT2D eigenvalue weighted by Gasteiger charge is -2.03. The van der Waals surface area contributed by atoms with Gasteiger partial charge >= 0.3 is 0 Å². The molecule has 0 heteroatoms. The van der Waals surface area contributed by atoms with E-state index in [9.17, 15) is 0 Å². The molecule has 0 saturated heterocycles. The second-order valence-electron chi connectivity index (χ2n) is 2.67. The van der Waals surface area contributed by atoms with Gasteiger partial charge in [0.1, 0.15) is 0 Å². The number of allylic oxidation sites excluding steroid dienone is 3. The quantitative estimate of drug-likeness (QED) is 0.520. The molecule has 0 aromatic rings. The molecule has 0 aromatic heterocycles. The summed E-state index contributed by atoms with van der Waals surface area (Å²) in [6, 6.07) is 0. The van der Waals surface area contributed by atoms with Crippen LogP contribution in [-0.2, 0) is 0 Å². The normalized spacial score (nSPS) is 11.7. The van der Waals surface area contributed by atoms with E-state index in [1.165, 1.54) is 24.0 Å². The smallest absolute Gasteiger partial charge is 0.0282 e. The standard InChI is InChI=1S/C10H18/c1-5-7-10(8-6-2)9(3)4/h7H,3,5-6,8H2,1-2,4H3. The molecule has 0 aromatic carbocycles. The molecule has 0 amide bonds. The van der Waals surface area contributed by atoms with Gasteiger partial charge in [-0.15, -0.1) is 0 Å². The van der Waals surface area contributed by atoms with Gasteiger partial charge in [0, 0.05) is 0 Å². The first-order valence-electron chi connectivity index (χ1n) is 4.07. The molecule has 0 rings (SSSR count). The van der Waals surface area contributed by atoms with Gasteiger partial charge in [-0.1, -0.05) is 38.5 Å². The van der Waals surface area contributed by atoms with Crippen LogP contribution in [0, 0.1) is 0 Å². The molecule has 0 aliphatic carbocycles. The van der Waals surface area contributed by atoms with Gasteiger partial charge < -0.3 is 0 Å². The highest BCUT2D eigenvalue weighted by Gasteiger charge is 1.93. The predicted octanol–water partition coefficient (Wildman–Crippen LogP) is 3.70. The van der Waals surface area contributed by atoms with Crippen molar-refractivity contribution in [1.82, 2.24) is 0 Å². The summed E-state index contributed by atoms with van der Waals surface area (Å²) < 4.78 is 0. The molecule has 0 aliphatic heterocycles. The van der Waals surface area contributed by atoms with Crippen LogP contribution in [0.2, 0.25) is 0 Å². The third-order valence-electron chi connectivity index (χ3n) is 1.52. The van der Waals surface area contributed by atoms with Crippen LogP contribution < -0.4 is 0 Å². The van der Waals surface area contributed by atoms with E-state index in [1.807, 2.05) is 0 Å². The Kier molecular flexibility index (Phi) is 5.00. The van der Waals surface area contributed by atoms with Gasteiger partial charge in [0.25, 0.3) is 0 Å². The van der Waals surface area contributed by atoms with Crippen LogP contribution in [0.4, 0.5) is 0 Å². The highest BCUT2D eigenvalue weighted by Crippen LogP contribution is 2.13. The maximum Gasteiger partial charge on any atom is -0.0282 e. The summed E-state index contributed by atoms with van der Waals surface area (Å²) in [7, 11) is 0. The first-order valence-corrected chi connectivity index (χ1v) is 4.07. The Labute approximate surface area is 64.6 Å². The molecule has 0 unspecified atom stereocenters. The lowest BCUT2D eigenvalue weighted by atomic mass is 10.0. The number of rotatable bonds is 4. The van der Waals surface area contributed by atoms with E-state index in [0.29, 0.717) is 0 Å². The van der Waals surface area contributed by atoms with Gasteiger partial charge in [-0.3, -0.25) is 0 Å². The monoisotopic (exact) mass is 138 g/mol. The molecule has 0 spiro atoms. The zero-order valence-corrected chi connectivity index (χ0v) is 7.41. The van der Waals surface area contributed by atoms with Crippen LogP contribution in [0.15, 0.2) is 23.8 Å². The highest BCUT2D eigenvalue weighted by molar-refractivity contribution is 5.25. The van der Waals surface area contributed by atoms with E-state index in [1.54, 1.807) is 0 Å². The van der Waals surface area contributed by atoms with Crippen molar-refractivity contribution < 1.29 is 0 Å². The van der Waals surface area contributed by atoms with Crippen molar-refractivity contribution in [3.05, 3.63) is 23.8 Å². The van der Waals surface area contributed by atoms with E-state index in [2.05, 4.69) is 33.4 Å². The summed E-state index contributed by atoms with van der Waals surface area (Å²) in [5, 5.41) is 0. The molecular formula is C10H18. The molecule has 0 N–H and O–H groups in total. The van der Waals surface area contributed by atoms with Gasteiger partial charge in [0.05, 0.1) is 0 Å². The SMILES string of the molecule is C=C(C)C(=CCC)CCC. The zero-order chi connectivity index (χ0) is 7.98. The Morgan fingerprint density at radius 1 is 1.40 bits per heavy atom. The molecule has 0 bridgehead atoms. The summed E-state index contributed by atoms with van der Waals surface area (Å²) in [5.41, 5.74) is 2.66. The highest BCUT2D eigenvalue weighted by atomic mass is 14.0. The predicted molar refractivity (Wildman–Crippen MR) is 48.1 cm³/mol. The lowest BCUT2D eigenvalue weighted by Crippen LogP contribution is -1.83. The minimum atomic E-state index is 1.13. The molecule has 0 heterocycles. The summed E-state index contributed by atoms with van der Waals surface area (Å²) in [4.78, 5) is 0. The minimum Gasteiger partial charge on any atom is -0.0958 e. The molecular weight excluding hydrogens is 120 g/mol. The van der Waals surface area contributed by atoms with E-state index in [0.717, 1.165) is 6.42 Å². The van der Waals surface area contributed by atoms with Crippen molar-refractivity contribution in [2.24, 2.45) is 0 Å². The largest absolute Gasteiger partial charge is 0.0958 e. The van der Waals surface area contributed by atoms with Crippen molar-refractivity contribution >= 4 is 0 Å². The second kappa shape index (κ2) is 5.28. The molecule has 0 radical (unpaired) electrons. The lowest BCUT2D eigenvalue weighted by molar-refractivity contribution is 0.903. The molecule has 0 saturated carbocycles. The first kappa shape index (κ1) is 9.48. The zero-order valence-electron chi connectivity index (χ0n) is 7.41. The molecule has 0 atom stereocenters. The Bertz CT molecular complexity index is 129. The van der Waals surface area contributed by atoms with Crippen LogP contribution in [-0.4, -0.2) is 0 Å². The minimum absolute atomic E-state index is 1.13. The van der Waals surface area contributed by atoms with Crippen LogP contribution in [0.5, 0.6) is 0 Å². The van der Waals surface area contributed by atoms with E-state index >= 15 is 0 Å². The Balaban J connectivity index is 3.98.